The lowest BCUT2D eigenvalue weighted by molar-refractivity contribution is 0.392. The fourth-order valence-electron chi connectivity index (χ4n) is 2.77. The Kier molecular flexibility index (Phi) is 3.93. The van der Waals surface area contributed by atoms with E-state index in [0.717, 1.165) is 27.9 Å². The number of nitrogens with zero attached hydrogens (tertiary/aromatic N) is 3. The first kappa shape index (κ1) is 15.3. The van der Waals surface area contributed by atoms with Crippen molar-refractivity contribution >= 4 is 28.3 Å². The highest BCUT2D eigenvalue weighted by molar-refractivity contribution is 6.31. The van der Waals surface area contributed by atoms with Crippen LogP contribution in [0.3, 0.4) is 0 Å². The molecule has 0 amide bonds. The van der Waals surface area contributed by atoms with Crippen LogP contribution >= 0.6 is 11.6 Å². The standard InChI is InChI=1S/C17H15ClN4O/c1-9(17-10(2)22-23-11(17)3)20-16-6-12(8-19)14-7-13(18)4-5-15(14)21-16/h4-7,9H,1-3H3,(H,20,21). The molecule has 0 saturated heterocycles. The Morgan fingerprint density at radius 2 is 2.09 bits per heavy atom. The van der Waals surface area contributed by atoms with Gasteiger partial charge in [-0.25, -0.2) is 4.98 Å². The number of anilines is 1. The van der Waals surface area contributed by atoms with Gasteiger partial charge in [0.1, 0.15) is 11.6 Å². The van der Waals surface area contributed by atoms with Crippen molar-refractivity contribution in [1.29, 1.82) is 5.26 Å². The average molecular weight is 327 g/mol. The van der Waals surface area contributed by atoms with Crippen LogP contribution in [0.15, 0.2) is 28.8 Å². The minimum absolute atomic E-state index is 0.0370. The summed E-state index contributed by atoms with van der Waals surface area (Å²) in [6.45, 7) is 5.79. The molecule has 0 aliphatic rings. The van der Waals surface area contributed by atoms with Gasteiger partial charge in [-0.2, -0.15) is 5.26 Å². The van der Waals surface area contributed by atoms with Gasteiger partial charge in [0.25, 0.3) is 0 Å². The molecule has 0 bridgehead atoms. The van der Waals surface area contributed by atoms with Crippen LogP contribution in [0.1, 0.15) is 35.5 Å². The Morgan fingerprint density at radius 1 is 1.30 bits per heavy atom. The summed E-state index contributed by atoms with van der Waals surface area (Å²) in [4.78, 5) is 4.56. The molecule has 1 atom stereocenters. The molecule has 0 fully saturated rings. The van der Waals surface area contributed by atoms with Crippen molar-refractivity contribution in [3.8, 4) is 6.07 Å². The zero-order valence-electron chi connectivity index (χ0n) is 13.0. The molecule has 6 heteroatoms. The Morgan fingerprint density at radius 3 is 2.74 bits per heavy atom. The van der Waals surface area contributed by atoms with Crippen LogP contribution in [0, 0.1) is 25.2 Å². The maximum absolute atomic E-state index is 9.38. The SMILES string of the molecule is Cc1noc(C)c1C(C)Nc1cc(C#N)c2cc(Cl)ccc2n1. The van der Waals surface area contributed by atoms with Crippen molar-refractivity contribution in [2.24, 2.45) is 0 Å². The molecule has 0 spiro atoms. The van der Waals surface area contributed by atoms with Gasteiger partial charge >= 0.3 is 0 Å². The number of benzene rings is 1. The van der Waals surface area contributed by atoms with Crippen LogP contribution in [0.4, 0.5) is 5.82 Å². The molecule has 1 N–H and O–H groups in total. The van der Waals surface area contributed by atoms with Crippen LogP contribution in [-0.2, 0) is 0 Å². The van der Waals surface area contributed by atoms with Crippen molar-refractivity contribution in [3.05, 3.63) is 51.9 Å². The van der Waals surface area contributed by atoms with Crippen molar-refractivity contribution in [3.63, 3.8) is 0 Å². The minimum Gasteiger partial charge on any atom is -0.363 e. The number of aromatic nitrogens is 2. The van der Waals surface area contributed by atoms with E-state index in [2.05, 4.69) is 21.5 Å². The molecule has 0 saturated carbocycles. The first-order valence-electron chi connectivity index (χ1n) is 7.19. The minimum atomic E-state index is -0.0370. The number of rotatable bonds is 3. The molecule has 0 aliphatic heterocycles. The van der Waals surface area contributed by atoms with E-state index >= 15 is 0 Å². The van der Waals surface area contributed by atoms with Gasteiger partial charge in [0, 0.05) is 16.0 Å². The molecule has 3 rings (SSSR count). The first-order chi connectivity index (χ1) is 11.0. The van der Waals surface area contributed by atoms with Crippen molar-refractivity contribution in [2.75, 3.05) is 5.32 Å². The quantitative estimate of drug-likeness (QED) is 0.764. The van der Waals surface area contributed by atoms with Crippen molar-refractivity contribution in [2.45, 2.75) is 26.8 Å². The van der Waals surface area contributed by atoms with Gasteiger partial charge in [-0.3, -0.25) is 0 Å². The summed E-state index contributed by atoms with van der Waals surface area (Å²) in [7, 11) is 0. The van der Waals surface area contributed by atoms with E-state index in [1.54, 1.807) is 18.2 Å². The summed E-state index contributed by atoms with van der Waals surface area (Å²) < 4.78 is 5.21. The molecule has 0 aliphatic carbocycles. The van der Waals surface area contributed by atoms with Crippen molar-refractivity contribution < 1.29 is 4.52 Å². The lowest BCUT2D eigenvalue weighted by Gasteiger charge is -2.15. The maximum Gasteiger partial charge on any atom is 0.139 e. The van der Waals surface area contributed by atoms with Gasteiger partial charge in [0.05, 0.1) is 28.9 Å². The third kappa shape index (κ3) is 2.86. The van der Waals surface area contributed by atoms with E-state index in [0.29, 0.717) is 16.4 Å². The number of pyridine rings is 1. The lowest BCUT2D eigenvalue weighted by Crippen LogP contribution is -2.10. The van der Waals surface area contributed by atoms with Gasteiger partial charge in [0.2, 0.25) is 0 Å². The summed E-state index contributed by atoms with van der Waals surface area (Å²) in [6.07, 6.45) is 0. The molecule has 5 nitrogen and oxygen atoms in total. The molecule has 2 aromatic heterocycles. The highest BCUT2D eigenvalue weighted by Gasteiger charge is 2.17. The molecule has 3 aromatic rings. The molecule has 0 radical (unpaired) electrons. The number of nitriles is 1. The monoisotopic (exact) mass is 326 g/mol. The fourth-order valence-corrected chi connectivity index (χ4v) is 2.94. The van der Waals surface area contributed by atoms with Crippen LogP contribution in [0.25, 0.3) is 10.9 Å². The van der Waals surface area contributed by atoms with E-state index in [1.165, 1.54) is 0 Å². The zero-order chi connectivity index (χ0) is 16.6. The zero-order valence-corrected chi connectivity index (χ0v) is 13.8. The number of fused-ring (bicyclic) bond motifs is 1. The average Bonchev–Trinajstić information content (AvgIpc) is 2.85. The normalized spacial score (nSPS) is 12.1. The fraction of sp³-hybridized carbons (Fsp3) is 0.235. The molecule has 2 heterocycles. The van der Waals surface area contributed by atoms with Gasteiger partial charge in [-0.15, -0.1) is 0 Å². The molecule has 1 unspecified atom stereocenters. The van der Waals surface area contributed by atoms with Gasteiger partial charge in [0.15, 0.2) is 0 Å². The first-order valence-corrected chi connectivity index (χ1v) is 7.57. The predicted octanol–water partition coefficient (Wildman–Crippen LogP) is 4.54. The summed E-state index contributed by atoms with van der Waals surface area (Å²) >= 11 is 6.00. The third-order valence-electron chi connectivity index (χ3n) is 3.78. The van der Waals surface area contributed by atoms with Crippen LogP contribution in [0.5, 0.6) is 0 Å². The van der Waals surface area contributed by atoms with E-state index in [-0.39, 0.29) is 6.04 Å². The second-order valence-corrected chi connectivity index (χ2v) is 5.87. The van der Waals surface area contributed by atoms with E-state index in [9.17, 15) is 5.26 Å². The molecular weight excluding hydrogens is 312 g/mol. The van der Waals surface area contributed by atoms with Gasteiger partial charge < -0.3 is 9.84 Å². The van der Waals surface area contributed by atoms with E-state index in [1.807, 2.05) is 26.8 Å². The van der Waals surface area contributed by atoms with Gasteiger partial charge in [-0.05, 0) is 45.0 Å². The second kappa shape index (κ2) is 5.90. The highest BCUT2D eigenvalue weighted by atomic mass is 35.5. The summed E-state index contributed by atoms with van der Waals surface area (Å²) in [5.74, 6) is 1.40. The molecule has 116 valence electrons. The summed E-state index contributed by atoms with van der Waals surface area (Å²) in [5, 5.41) is 18.0. The Labute approximate surface area is 138 Å². The number of hydrogen-bond donors (Lipinski definition) is 1. The molecular formula is C17H15ClN4O. The largest absolute Gasteiger partial charge is 0.363 e. The number of nitrogens with one attached hydrogen (secondary N) is 1. The van der Waals surface area contributed by atoms with E-state index in [4.69, 9.17) is 16.1 Å². The summed E-state index contributed by atoms with van der Waals surface area (Å²) in [5.41, 5.74) is 3.10. The lowest BCUT2D eigenvalue weighted by atomic mass is 10.1. The van der Waals surface area contributed by atoms with Crippen molar-refractivity contribution in [1.82, 2.24) is 10.1 Å². The number of aryl methyl sites for hydroxylation is 2. The third-order valence-corrected chi connectivity index (χ3v) is 4.01. The Bertz CT molecular complexity index is 907. The Balaban J connectivity index is 2.01. The van der Waals surface area contributed by atoms with E-state index < -0.39 is 0 Å². The Hall–Kier alpha value is -2.58. The number of hydrogen-bond acceptors (Lipinski definition) is 5. The second-order valence-electron chi connectivity index (χ2n) is 5.43. The van der Waals surface area contributed by atoms with Crippen LogP contribution in [0.2, 0.25) is 5.02 Å². The number of halogens is 1. The van der Waals surface area contributed by atoms with Gasteiger partial charge in [-0.1, -0.05) is 16.8 Å². The maximum atomic E-state index is 9.38. The summed E-state index contributed by atoms with van der Waals surface area (Å²) in [6, 6.07) is 9.22. The van der Waals surface area contributed by atoms with Crippen LogP contribution < -0.4 is 5.32 Å². The molecule has 1 aromatic carbocycles. The topological polar surface area (TPSA) is 74.7 Å². The van der Waals surface area contributed by atoms with Crippen LogP contribution in [-0.4, -0.2) is 10.1 Å². The highest BCUT2D eigenvalue weighted by Crippen LogP contribution is 2.27. The smallest absolute Gasteiger partial charge is 0.139 e. The predicted molar refractivity (Wildman–Crippen MR) is 89.5 cm³/mol. The molecule has 23 heavy (non-hydrogen) atoms.